The summed E-state index contributed by atoms with van der Waals surface area (Å²) in [5.41, 5.74) is 6.82. The third-order valence-corrected chi connectivity index (χ3v) is 4.27. The van der Waals surface area contributed by atoms with Crippen molar-refractivity contribution in [3.05, 3.63) is 15.6 Å². The van der Waals surface area contributed by atoms with Gasteiger partial charge < -0.3 is 5.73 Å². The monoisotopic (exact) mass is 285 g/mol. The van der Waals surface area contributed by atoms with Crippen LogP contribution >= 0.6 is 23.6 Å². The molecular formula is C13H23N3S2. The number of rotatable bonds is 5. The van der Waals surface area contributed by atoms with Crippen LogP contribution in [0.4, 0.5) is 0 Å². The van der Waals surface area contributed by atoms with E-state index in [9.17, 15) is 0 Å². The zero-order valence-corrected chi connectivity index (χ0v) is 13.5. The lowest BCUT2D eigenvalue weighted by atomic mass is 9.91. The molecule has 3 nitrogen and oxygen atoms in total. The molecule has 5 heteroatoms. The van der Waals surface area contributed by atoms with Gasteiger partial charge in [0.25, 0.3) is 0 Å². The van der Waals surface area contributed by atoms with Crippen molar-refractivity contribution in [3.8, 4) is 0 Å². The summed E-state index contributed by atoms with van der Waals surface area (Å²) in [7, 11) is 0. The largest absolute Gasteiger partial charge is 0.389 e. The molecule has 1 rings (SSSR count). The Morgan fingerprint density at radius 2 is 1.89 bits per heavy atom. The fourth-order valence-corrected chi connectivity index (χ4v) is 3.14. The Morgan fingerprint density at radius 1 is 1.33 bits per heavy atom. The van der Waals surface area contributed by atoms with Gasteiger partial charge in [-0.15, -0.1) is 11.3 Å². The number of aromatic nitrogens is 1. The fraction of sp³-hybridized carbons (Fsp3) is 0.692. The van der Waals surface area contributed by atoms with Crippen molar-refractivity contribution in [2.45, 2.75) is 46.6 Å². The summed E-state index contributed by atoms with van der Waals surface area (Å²) in [6.07, 6.45) is 0. The molecule has 0 bridgehead atoms. The first-order valence-electron chi connectivity index (χ1n) is 6.31. The smallest absolute Gasteiger partial charge is 0.116 e. The summed E-state index contributed by atoms with van der Waals surface area (Å²) in [6, 6.07) is 0. The molecule has 0 saturated heterocycles. The van der Waals surface area contributed by atoms with E-state index < -0.39 is 0 Å². The molecule has 0 aromatic carbocycles. The van der Waals surface area contributed by atoms with Gasteiger partial charge in [-0.1, -0.05) is 46.8 Å². The molecule has 0 atom stereocenters. The first kappa shape index (κ1) is 15.5. The fourth-order valence-electron chi connectivity index (χ4n) is 1.75. The minimum Gasteiger partial charge on any atom is -0.389 e. The SMILES string of the molecule is CCN(CC)Cc1nc(C(C)(C)C)c(C(N)=S)s1. The lowest BCUT2D eigenvalue weighted by Gasteiger charge is -2.17. The molecule has 0 saturated carbocycles. The average Bonchev–Trinajstić information content (AvgIpc) is 2.69. The second-order valence-electron chi connectivity index (χ2n) is 5.36. The summed E-state index contributed by atoms with van der Waals surface area (Å²) < 4.78 is 0. The van der Waals surface area contributed by atoms with E-state index in [1.165, 1.54) is 0 Å². The second-order valence-corrected chi connectivity index (χ2v) is 6.88. The molecule has 0 aliphatic heterocycles. The van der Waals surface area contributed by atoms with Crippen molar-refractivity contribution in [1.82, 2.24) is 9.88 Å². The number of hydrogen-bond acceptors (Lipinski definition) is 4. The molecule has 1 heterocycles. The van der Waals surface area contributed by atoms with Crippen molar-refractivity contribution in [3.63, 3.8) is 0 Å². The Kier molecular flexibility index (Phi) is 5.25. The van der Waals surface area contributed by atoms with Crippen molar-refractivity contribution < 1.29 is 0 Å². The molecule has 0 radical (unpaired) electrons. The third-order valence-electron chi connectivity index (χ3n) is 2.86. The molecule has 0 spiro atoms. The van der Waals surface area contributed by atoms with Crippen molar-refractivity contribution in [2.24, 2.45) is 5.73 Å². The van der Waals surface area contributed by atoms with Gasteiger partial charge >= 0.3 is 0 Å². The van der Waals surface area contributed by atoms with Crippen LogP contribution in [0.25, 0.3) is 0 Å². The first-order chi connectivity index (χ1) is 8.29. The number of thiocarbonyl (C=S) groups is 1. The van der Waals surface area contributed by atoms with E-state index in [0.717, 1.165) is 35.2 Å². The van der Waals surface area contributed by atoms with Gasteiger partial charge in [0.15, 0.2) is 0 Å². The van der Waals surface area contributed by atoms with Gasteiger partial charge in [0.2, 0.25) is 0 Å². The predicted molar refractivity (Wildman–Crippen MR) is 83.3 cm³/mol. The van der Waals surface area contributed by atoms with Crippen LogP contribution in [0.3, 0.4) is 0 Å². The molecule has 102 valence electrons. The standard InChI is InChI=1S/C13H23N3S2/c1-6-16(7-2)8-9-15-11(13(3,4)5)10(18-9)12(14)17/h6-8H2,1-5H3,(H2,14,17). The average molecular weight is 285 g/mol. The van der Waals surface area contributed by atoms with Gasteiger partial charge in [0, 0.05) is 5.41 Å². The van der Waals surface area contributed by atoms with E-state index in [4.69, 9.17) is 22.9 Å². The van der Waals surface area contributed by atoms with Crippen LogP contribution in [0, 0.1) is 0 Å². The van der Waals surface area contributed by atoms with Crippen LogP contribution in [0.15, 0.2) is 0 Å². The molecule has 0 amide bonds. The van der Waals surface area contributed by atoms with Crippen molar-refractivity contribution >= 4 is 28.5 Å². The highest BCUT2D eigenvalue weighted by Gasteiger charge is 2.24. The summed E-state index contributed by atoms with van der Waals surface area (Å²) in [4.78, 5) is 8.52. The normalized spacial score (nSPS) is 12.1. The molecule has 0 fully saturated rings. The lowest BCUT2D eigenvalue weighted by molar-refractivity contribution is 0.295. The molecule has 0 aliphatic carbocycles. The highest BCUT2D eigenvalue weighted by molar-refractivity contribution is 7.81. The molecule has 18 heavy (non-hydrogen) atoms. The maximum absolute atomic E-state index is 5.81. The van der Waals surface area contributed by atoms with Crippen LogP contribution in [-0.4, -0.2) is 28.0 Å². The van der Waals surface area contributed by atoms with E-state index >= 15 is 0 Å². The summed E-state index contributed by atoms with van der Waals surface area (Å²) >= 11 is 6.77. The minimum absolute atomic E-state index is 0.0171. The quantitative estimate of drug-likeness (QED) is 0.845. The van der Waals surface area contributed by atoms with Gasteiger partial charge in [-0.25, -0.2) is 4.98 Å². The Balaban J connectivity index is 3.07. The van der Waals surface area contributed by atoms with Crippen LogP contribution in [-0.2, 0) is 12.0 Å². The zero-order chi connectivity index (χ0) is 13.9. The maximum atomic E-state index is 5.81. The van der Waals surface area contributed by atoms with Crippen LogP contribution in [0.5, 0.6) is 0 Å². The molecule has 2 N–H and O–H groups in total. The number of thiazole rings is 1. The van der Waals surface area contributed by atoms with Crippen LogP contribution in [0.1, 0.15) is 50.2 Å². The van der Waals surface area contributed by atoms with E-state index in [2.05, 4.69) is 39.5 Å². The molecule has 1 aromatic heterocycles. The van der Waals surface area contributed by atoms with Gasteiger partial charge in [0.05, 0.1) is 17.1 Å². The number of nitrogens with zero attached hydrogens (tertiary/aromatic N) is 2. The van der Waals surface area contributed by atoms with E-state index in [1.54, 1.807) is 11.3 Å². The van der Waals surface area contributed by atoms with Crippen molar-refractivity contribution in [1.29, 1.82) is 0 Å². The molecular weight excluding hydrogens is 262 g/mol. The molecule has 0 aliphatic rings. The third kappa shape index (κ3) is 3.73. The highest BCUT2D eigenvalue weighted by Crippen LogP contribution is 2.30. The van der Waals surface area contributed by atoms with Gasteiger partial charge in [-0.3, -0.25) is 4.90 Å². The van der Waals surface area contributed by atoms with Gasteiger partial charge in [0.1, 0.15) is 10.00 Å². The number of hydrogen-bond donors (Lipinski definition) is 1. The van der Waals surface area contributed by atoms with Crippen molar-refractivity contribution in [2.75, 3.05) is 13.1 Å². The Morgan fingerprint density at radius 3 is 2.22 bits per heavy atom. The van der Waals surface area contributed by atoms with Crippen LogP contribution < -0.4 is 5.73 Å². The molecule has 0 unspecified atom stereocenters. The Bertz CT molecular complexity index is 414. The van der Waals surface area contributed by atoms with Crippen LogP contribution in [0.2, 0.25) is 0 Å². The topological polar surface area (TPSA) is 42.2 Å². The number of nitrogens with two attached hydrogens (primary N) is 1. The van der Waals surface area contributed by atoms with E-state index in [0.29, 0.717) is 4.99 Å². The highest BCUT2D eigenvalue weighted by atomic mass is 32.1. The minimum atomic E-state index is -0.0171. The summed E-state index contributed by atoms with van der Waals surface area (Å²) in [5.74, 6) is 0. The zero-order valence-electron chi connectivity index (χ0n) is 11.9. The first-order valence-corrected chi connectivity index (χ1v) is 7.54. The predicted octanol–water partition coefficient (Wildman–Crippen LogP) is 2.92. The van der Waals surface area contributed by atoms with Gasteiger partial charge in [-0.2, -0.15) is 0 Å². The molecule has 1 aromatic rings. The Hall–Kier alpha value is -0.520. The second kappa shape index (κ2) is 6.08. The Labute approximate surface area is 119 Å². The summed E-state index contributed by atoms with van der Waals surface area (Å²) in [6.45, 7) is 13.7. The van der Waals surface area contributed by atoms with E-state index in [-0.39, 0.29) is 5.41 Å². The van der Waals surface area contributed by atoms with Gasteiger partial charge in [-0.05, 0) is 13.1 Å². The summed E-state index contributed by atoms with van der Waals surface area (Å²) in [5, 5.41) is 1.10. The maximum Gasteiger partial charge on any atom is 0.116 e. The van der Waals surface area contributed by atoms with E-state index in [1.807, 2.05) is 0 Å². The lowest BCUT2D eigenvalue weighted by Crippen LogP contribution is -2.22.